The standard InChI is InChI=1S/C25H20BrN3O/c1-16-3-6-18(7-4-16)15-30-24-10-8-19(13-21(24)26)12-20(14-27)25-28-22-9-5-17(2)11-23(22)29-25/h3-13H,15H2,1-2H3,(H,28,29). The third kappa shape index (κ3) is 4.45. The molecular formula is C25H20BrN3O. The lowest BCUT2D eigenvalue weighted by Gasteiger charge is -2.09. The second-order valence-electron chi connectivity index (χ2n) is 7.24. The largest absolute Gasteiger partial charge is 0.488 e. The fraction of sp³-hybridized carbons (Fsp3) is 0.120. The Morgan fingerprint density at radius 1 is 1.07 bits per heavy atom. The fourth-order valence-electron chi connectivity index (χ4n) is 3.14. The van der Waals surface area contributed by atoms with Gasteiger partial charge in [-0.1, -0.05) is 42.0 Å². The minimum absolute atomic E-state index is 0.476. The topological polar surface area (TPSA) is 61.7 Å². The average Bonchev–Trinajstić information content (AvgIpc) is 3.15. The van der Waals surface area contributed by atoms with Gasteiger partial charge in [0.05, 0.1) is 21.1 Å². The third-order valence-electron chi connectivity index (χ3n) is 4.79. The van der Waals surface area contributed by atoms with E-state index in [0.717, 1.165) is 37.9 Å². The van der Waals surface area contributed by atoms with Crippen molar-refractivity contribution in [1.82, 2.24) is 9.97 Å². The molecule has 5 heteroatoms. The number of ether oxygens (including phenoxy) is 1. The lowest BCUT2D eigenvalue weighted by atomic mass is 10.1. The lowest BCUT2D eigenvalue weighted by molar-refractivity contribution is 0.304. The number of imidazole rings is 1. The number of H-pyrrole nitrogens is 1. The molecule has 0 unspecified atom stereocenters. The molecule has 4 aromatic rings. The summed E-state index contributed by atoms with van der Waals surface area (Å²) in [6.07, 6.45) is 1.82. The van der Waals surface area contributed by atoms with Crippen molar-refractivity contribution in [1.29, 1.82) is 5.26 Å². The van der Waals surface area contributed by atoms with E-state index >= 15 is 0 Å². The van der Waals surface area contributed by atoms with E-state index in [4.69, 9.17) is 4.74 Å². The number of allylic oxidation sites excluding steroid dienone is 1. The molecule has 1 N–H and O–H groups in total. The second-order valence-corrected chi connectivity index (χ2v) is 8.09. The molecule has 0 saturated carbocycles. The maximum Gasteiger partial charge on any atom is 0.149 e. The van der Waals surface area contributed by atoms with E-state index < -0.39 is 0 Å². The smallest absolute Gasteiger partial charge is 0.149 e. The van der Waals surface area contributed by atoms with Crippen molar-refractivity contribution in [2.24, 2.45) is 0 Å². The van der Waals surface area contributed by atoms with Gasteiger partial charge in [-0.25, -0.2) is 4.98 Å². The lowest BCUT2D eigenvalue weighted by Crippen LogP contribution is -1.96. The van der Waals surface area contributed by atoms with Crippen molar-refractivity contribution in [3.8, 4) is 11.8 Å². The summed E-state index contributed by atoms with van der Waals surface area (Å²) in [4.78, 5) is 7.79. The van der Waals surface area contributed by atoms with E-state index in [9.17, 15) is 5.26 Å². The summed E-state index contributed by atoms with van der Waals surface area (Å²) in [7, 11) is 0. The van der Waals surface area contributed by atoms with Crippen molar-refractivity contribution in [2.45, 2.75) is 20.5 Å². The molecule has 0 aliphatic carbocycles. The van der Waals surface area contributed by atoms with Crippen molar-refractivity contribution >= 4 is 38.6 Å². The van der Waals surface area contributed by atoms with Crippen LogP contribution in [-0.2, 0) is 6.61 Å². The molecule has 0 aliphatic heterocycles. The van der Waals surface area contributed by atoms with Crippen LogP contribution in [0.15, 0.2) is 65.1 Å². The number of nitrogens with zero attached hydrogens (tertiary/aromatic N) is 2. The van der Waals surface area contributed by atoms with E-state index in [2.05, 4.69) is 63.2 Å². The van der Waals surface area contributed by atoms with Crippen LogP contribution in [0.1, 0.15) is 28.1 Å². The first-order chi connectivity index (χ1) is 14.5. The average molecular weight is 458 g/mol. The van der Waals surface area contributed by atoms with Gasteiger partial charge in [-0.2, -0.15) is 5.26 Å². The fourth-order valence-corrected chi connectivity index (χ4v) is 3.65. The zero-order valence-corrected chi connectivity index (χ0v) is 18.3. The summed E-state index contributed by atoms with van der Waals surface area (Å²) in [5.74, 6) is 1.32. The Kier molecular flexibility index (Phi) is 5.69. The predicted octanol–water partition coefficient (Wildman–Crippen LogP) is 6.59. The highest BCUT2D eigenvalue weighted by atomic mass is 79.9. The Bertz CT molecular complexity index is 1280. The number of halogens is 1. The van der Waals surface area contributed by atoms with Crippen LogP contribution in [0.5, 0.6) is 5.75 Å². The monoisotopic (exact) mass is 457 g/mol. The summed E-state index contributed by atoms with van der Waals surface area (Å²) < 4.78 is 6.77. The number of rotatable bonds is 5. The molecule has 30 heavy (non-hydrogen) atoms. The van der Waals surface area contributed by atoms with E-state index in [1.54, 1.807) is 0 Å². The number of hydrogen-bond acceptors (Lipinski definition) is 3. The van der Waals surface area contributed by atoms with Crippen LogP contribution in [0.3, 0.4) is 0 Å². The minimum atomic E-state index is 0.476. The molecular weight excluding hydrogens is 438 g/mol. The molecule has 0 amide bonds. The van der Waals surface area contributed by atoms with Gasteiger partial charge >= 0.3 is 0 Å². The van der Waals surface area contributed by atoms with Gasteiger partial charge in [0, 0.05) is 0 Å². The van der Waals surface area contributed by atoms with Crippen LogP contribution in [0.4, 0.5) is 0 Å². The molecule has 3 aromatic carbocycles. The number of nitriles is 1. The van der Waals surface area contributed by atoms with Crippen LogP contribution >= 0.6 is 15.9 Å². The molecule has 0 bridgehead atoms. The van der Waals surface area contributed by atoms with Crippen LogP contribution in [0.25, 0.3) is 22.7 Å². The number of fused-ring (bicyclic) bond motifs is 1. The minimum Gasteiger partial charge on any atom is -0.488 e. The second kappa shape index (κ2) is 8.56. The summed E-state index contributed by atoms with van der Waals surface area (Å²) in [5.41, 5.74) is 6.62. The molecule has 0 aliphatic rings. The summed E-state index contributed by atoms with van der Waals surface area (Å²) in [5, 5.41) is 9.66. The van der Waals surface area contributed by atoms with Gasteiger partial charge in [-0.3, -0.25) is 0 Å². The number of aryl methyl sites for hydroxylation is 2. The van der Waals surface area contributed by atoms with E-state index in [1.807, 2.05) is 49.4 Å². The molecule has 148 valence electrons. The van der Waals surface area contributed by atoms with Gasteiger partial charge in [-0.15, -0.1) is 0 Å². The SMILES string of the molecule is Cc1ccc(COc2ccc(C=C(C#N)c3nc4ccc(C)cc4[nH]3)cc2Br)cc1. The first-order valence-electron chi connectivity index (χ1n) is 9.58. The zero-order chi connectivity index (χ0) is 21.1. The normalized spacial score (nSPS) is 11.5. The maximum absolute atomic E-state index is 9.66. The summed E-state index contributed by atoms with van der Waals surface area (Å²) >= 11 is 3.58. The Balaban J connectivity index is 1.55. The van der Waals surface area contributed by atoms with Gasteiger partial charge in [0.1, 0.15) is 24.3 Å². The Morgan fingerprint density at radius 3 is 2.57 bits per heavy atom. The number of aromatic amines is 1. The number of hydrogen-bond donors (Lipinski definition) is 1. The highest BCUT2D eigenvalue weighted by Crippen LogP contribution is 2.29. The van der Waals surface area contributed by atoms with Crippen molar-refractivity contribution in [3.63, 3.8) is 0 Å². The Hall–Kier alpha value is -3.36. The molecule has 1 aromatic heterocycles. The first kappa shape index (κ1) is 19.9. The summed E-state index contributed by atoms with van der Waals surface area (Å²) in [6, 6.07) is 22.3. The van der Waals surface area contributed by atoms with Gasteiger partial charge in [0.25, 0.3) is 0 Å². The molecule has 0 atom stereocenters. The Morgan fingerprint density at radius 2 is 1.83 bits per heavy atom. The van der Waals surface area contributed by atoms with Crippen LogP contribution in [0, 0.1) is 25.2 Å². The van der Waals surface area contributed by atoms with Crippen molar-refractivity contribution in [2.75, 3.05) is 0 Å². The Labute approximate surface area is 184 Å². The van der Waals surface area contributed by atoms with E-state index in [0.29, 0.717) is 18.0 Å². The van der Waals surface area contributed by atoms with Crippen LogP contribution < -0.4 is 4.74 Å². The number of nitrogens with one attached hydrogen (secondary N) is 1. The molecule has 0 spiro atoms. The quantitative estimate of drug-likeness (QED) is 0.344. The predicted molar refractivity (Wildman–Crippen MR) is 124 cm³/mol. The van der Waals surface area contributed by atoms with Crippen molar-refractivity contribution in [3.05, 3.63) is 93.2 Å². The highest BCUT2D eigenvalue weighted by Gasteiger charge is 2.09. The summed E-state index contributed by atoms with van der Waals surface area (Å²) in [6.45, 7) is 4.59. The van der Waals surface area contributed by atoms with Gasteiger partial charge in [0.15, 0.2) is 0 Å². The number of benzene rings is 3. The van der Waals surface area contributed by atoms with Crippen molar-refractivity contribution < 1.29 is 4.74 Å². The zero-order valence-electron chi connectivity index (χ0n) is 16.7. The van der Waals surface area contributed by atoms with Crippen LogP contribution in [-0.4, -0.2) is 9.97 Å². The highest BCUT2D eigenvalue weighted by molar-refractivity contribution is 9.10. The van der Waals surface area contributed by atoms with E-state index in [1.165, 1.54) is 5.56 Å². The van der Waals surface area contributed by atoms with Gasteiger partial charge in [0.2, 0.25) is 0 Å². The maximum atomic E-state index is 9.66. The van der Waals surface area contributed by atoms with Gasteiger partial charge < -0.3 is 9.72 Å². The molecule has 1 heterocycles. The third-order valence-corrected chi connectivity index (χ3v) is 5.41. The van der Waals surface area contributed by atoms with Gasteiger partial charge in [-0.05, 0) is 76.8 Å². The molecule has 0 fully saturated rings. The number of aromatic nitrogens is 2. The first-order valence-corrected chi connectivity index (χ1v) is 10.4. The molecule has 0 saturated heterocycles. The van der Waals surface area contributed by atoms with Crippen LogP contribution in [0.2, 0.25) is 0 Å². The molecule has 4 rings (SSSR count). The molecule has 0 radical (unpaired) electrons. The van der Waals surface area contributed by atoms with E-state index in [-0.39, 0.29) is 0 Å². The molecule has 4 nitrogen and oxygen atoms in total.